The maximum Gasteiger partial charge on any atom is 0.241 e. The van der Waals surface area contributed by atoms with Gasteiger partial charge in [0.1, 0.15) is 5.82 Å². The van der Waals surface area contributed by atoms with E-state index in [-0.39, 0.29) is 16.7 Å². The molecule has 102 valence electrons. The van der Waals surface area contributed by atoms with Crippen LogP contribution in [0.1, 0.15) is 13.3 Å². The predicted octanol–water partition coefficient (Wildman–Crippen LogP) is 2.73. The second-order valence-electron chi connectivity index (χ2n) is 3.96. The molecule has 0 spiro atoms. The average molecular weight is 314 g/mol. The van der Waals surface area contributed by atoms with Gasteiger partial charge in [-0.05, 0) is 30.7 Å². The fraction of sp³-hybridized carbons (Fsp3) is 0.455. The molecule has 3 nitrogen and oxygen atoms in total. The molecule has 1 rings (SSSR count). The van der Waals surface area contributed by atoms with Gasteiger partial charge in [-0.25, -0.2) is 17.5 Å². The Bertz CT molecular complexity index is 478. The summed E-state index contributed by atoms with van der Waals surface area (Å²) in [4.78, 5) is -0.0167. The van der Waals surface area contributed by atoms with Gasteiger partial charge in [0.15, 0.2) is 0 Å². The number of hydrogen-bond acceptors (Lipinski definition) is 2. The van der Waals surface area contributed by atoms with Gasteiger partial charge in [0.2, 0.25) is 10.0 Å². The van der Waals surface area contributed by atoms with Gasteiger partial charge >= 0.3 is 0 Å². The number of sulfonamides is 1. The molecule has 0 aliphatic rings. The summed E-state index contributed by atoms with van der Waals surface area (Å²) < 4.78 is 39.4. The SMILES string of the molecule is CCC(CCl)(CCl)NS(=O)(=O)c1ccc(F)cc1. The second-order valence-corrected chi connectivity index (χ2v) is 6.18. The van der Waals surface area contributed by atoms with Gasteiger partial charge in [-0.15, -0.1) is 23.2 Å². The van der Waals surface area contributed by atoms with Gasteiger partial charge in [-0.3, -0.25) is 0 Å². The van der Waals surface area contributed by atoms with E-state index in [1.165, 1.54) is 12.1 Å². The molecule has 1 N–H and O–H groups in total. The molecule has 0 atom stereocenters. The molecule has 1 aromatic carbocycles. The fourth-order valence-corrected chi connectivity index (χ4v) is 3.74. The van der Waals surface area contributed by atoms with Gasteiger partial charge in [0, 0.05) is 11.8 Å². The van der Waals surface area contributed by atoms with Crippen LogP contribution in [0.5, 0.6) is 0 Å². The van der Waals surface area contributed by atoms with Crippen LogP contribution in [-0.2, 0) is 10.0 Å². The van der Waals surface area contributed by atoms with Crippen LogP contribution in [0.15, 0.2) is 29.2 Å². The Morgan fingerprint density at radius 1 is 1.22 bits per heavy atom. The molecule has 0 aliphatic heterocycles. The second kappa shape index (κ2) is 6.19. The Hall–Kier alpha value is -0.360. The van der Waals surface area contributed by atoms with E-state index in [4.69, 9.17) is 23.2 Å². The molecule has 0 heterocycles. The highest BCUT2D eigenvalue weighted by molar-refractivity contribution is 7.89. The van der Waals surface area contributed by atoms with E-state index in [0.29, 0.717) is 6.42 Å². The molecular formula is C11H14Cl2FNO2S. The Labute approximate surface area is 116 Å². The summed E-state index contributed by atoms with van der Waals surface area (Å²) in [7, 11) is -3.76. The third-order valence-electron chi connectivity index (χ3n) is 2.66. The van der Waals surface area contributed by atoms with Gasteiger partial charge in [-0.2, -0.15) is 0 Å². The smallest absolute Gasteiger partial charge is 0.207 e. The fourth-order valence-electron chi connectivity index (χ4n) is 1.31. The molecule has 0 unspecified atom stereocenters. The lowest BCUT2D eigenvalue weighted by Crippen LogP contribution is -2.51. The van der Waals surface area contributed by atoms with Crippen molar-refractivity contribution in [1.29, 1.82) is 0 Å². The number of rotatable bonds is 6. The molecule has 0 amide bonds. The average Bonchev–Trinajstić information content (AvgIpc) is 2.37. The van der Waals surface area contributed by atoms with Crippen LogP contribution < -0.4 is 4.72 Å². The van der Waals surface area contributed by atoms with Gasteiger partial charge in [-0.1, -0.05) is 6.92 Å². The lowest BCUT2D eigenvalue weighted by atomic mass is 10.0. The zero-order valence-corrected chi connectivity index (χ0v) is 12.1. The zero-order valence-electron chi connectivity index (χ0n) is 9.79. The van der Waals surface area contributed by atoms with Crippen molar-refractivity contribution in [2.75, 3.05) is 11.8 Å². The normalized spacial score (nSPS) is 12.7. The van der Waals surface area contributed by atoms with Crippen LogP contribution in [0.25, 0.3) is 0 Å². The van der Waals surface area contributed by atoms with Crippen LogP contribution in [0.2, 0.25) is 0 Å². The van der Waals surface area contributed by atoms with E-state index in [2.05, 4.69) is 4.72 Å². The van der Waals surface area contributed by atoms with Gasteiger partial charge in [0.05, 0.1) is 10.4 Å². The quantitative estimate of drug-likeness (QED) is 0.821. The Balaban J connectivity index is 3.04. The summed E-state index contributed by atoms with van der Waals surface area (Å²) in [6.07, 6.45) is 0.459. The summed E-state index contributed by atoms with van der Waals surface area (Å²) >= 11 is 11.5. The zero-order chi connectivity index (χ0) is 13.8. The number of halogens is 3. The molecule has 0 aromatic heterocycles. The lowest BCUT2D eigenvalue weighted by Gasteiger charge is -2.29. The van der Waals surface area contributed by atoms with Crippen LogP contribution in [0, 0.1) is 5.82 Å². The summed E-state index contributed by atoms with van der Waals surface area (Å²) in [6, 6.07) is 4.56. The van der Waals surface area contributed by atoms with Crippen molar-refractivity contribution in [3.8, 4) is 0 Å². The van der Waals surface area contributed by atoms with E-state index >= 15 is 0 Å². The Kier molecular flexibility index (Phi) is 5.40. The third-order valence-corrected chi connectivity index (χ3v) is 5.28. The monoisotopic (exact) mass is 313 g/mol. The summed E-state index contributed by atoms with van der Waals surface area (Å²) in [5, 5.41) is 0. The van der Waals surface area contributed by atoms with E-state index in [1.807, 2.05) is 0 Å². The Morgan fingerprint density at radius 2 is 1.72 bits per heavy atom. The van der Waals surface area contributed by atoms with Crippen LogP contribution in [0.3, 0.4) is 0 Å². The van der Waals surface area contributed by atoms with Crippen molar-refractivity contribution >= 4 is 33.2 Å². The number of nitrogens with one attached hydrogen (secondary N) is 1. The molecule has 7 heteroatoms. The minimum atomic E-state index is -3.76. The maximum absolute atomic E-state index is 12.8. The first-order chi connectivity index (χ1) is 8.39. The largest absolute Gasteiger partial charge is 0.241 e. The first-order valence-electron chi connectivity index (χ1n) is 5.30. The summed E-state index contributed by atoms with van der Waals surface area (Å²) in [5.74, 6) is -0.369. The molecule has 0 bridgehead atoms. The van der Waals surface area contributed by atoms with Gasteiger partial charge in [0.25, 0.3) is 0 Å². The van der Waals surface area contributed by atoms with Crippen LogP contribution >= 0.6 is 23.2 Å². The molecule has 1 aromatic rings. The Morgan fingerprint density at radius 3 is 2.11 bits per heavy atom. The highest BCUT2D eigenvalue weighted by Crippen LogP contribution is 2.19. The number of alkyl halides is 2. The standard InChI is InChI=1S/C11H14Cl2FNO2S/c1-2-11(7-12,8-13)15-18(16,17)10-5-3-9(14)4-6-10/h3-6,15H,2,7-8H2,1H3. The van der Waals surface area contributed by atoms with E-state index in [0.717, 1.165) is 12.1 Å². The van der Waals surface area contributed by atoms with Crippen molar-refractivity contribution in [3.63, 3.8) is 0 Å². The minimum absolute atomic E-state index is 0.0167. The minimum Gasteiger partial charge on any atom is -0.207 e. The van der Waals surface area contributed by atoms with Gasteiger partial charge < -0.3 is 0 Å². The highest BCUT2D eigenvalue weighted by Gasteiger charge is 2.32. The summed E-state index contributed by atoms with van der Waals surface area (Å²) in [6.45, 7) is 1.79. The predicted molar refractivity (Wildman–Crippen MR) is 71.2 cm³/mol. The molecule has 18 heavy (non-hydrogen) atoms. The molecule has 0 radical (unpaired) electrons. The first-order valence-corrected chi connectivity index (χ1v) is 7.86. The van der Waals surface area contributed by atoms with E-state index in [9.17, 15) is 12.8 Å². The van der Waals surface area contributed by atoms with Crippen molar-refractivity contribution in [3.05, 3.63) is 30.1 Å². The molecule has 0 aliphatic carbocycles. The van der Waals surface area contributed by atoms with Crippen molar-refractivity contribution in [2.45, 2.75) is 23.8 Å². The lowest BCUT2D eigenvalue weighted by molar-refractivity contribution is 0.449. The van der Waals surface area contributed by atoms with E-state index in [1.54, 1.807) is 6.92 Å². The molecule has 0 fully saturated rings. The molecule has 0 saturated carbocycles. The van der Waals surface area contributed by atoms with Crippen molar-refractivity contribution in [2.24, 2.45) is 0 Å². The molecular weight excluding hydrogens is 300 g/mol. The van der Waals surface area contributed by atoms with Crippen LogP contribution in [-0.4, -0.2) is 25.7 Å². The van der Waals surface area contributed by atoms with E-state index < -0.39 is 21.4 Å². The van der Waals surface area contributed by atoms with Crippen LogP contribution in [0.4, 0.5) is 4.39 Å². The summed E-state index contributed by atoms with van der Waals surface area (Å²) in [5.41, 5.74) is -0.893. The van der Waals surface area contributed by atoms with Crippen molar-refractivity contribution in [1.82, 2.24) is 4.72 Å². The third kappa shape index (κ3) is 3.57. The number of hydrogen-bond donors (Lipinski definition) is 1. The number of benzene rings is 1. The maximum atomic E-state index is 12.8. The first kappa shape index (κ1) is 15.7. The highest BCUT2D eigenvalue weighted by atomic mass is 35.5. The molecule has 0 saturated heterocycles. The van der Waals surface area contributed by atoms with Crippen molar-refractivity contribution < 1.29 is 12.8 Å². The topological polar surface area (TPSA) is 46.2 Å².